The molecule has 0 aliphatic rings. The number of hydrogen-bond donors (Lipinski definition) is 1. The van der Waals surface area contributed by atoms with E-state index in [1.54, 1.807) is 12.1 Å². The summed E-state index contributed by atoms with van der Waals surface area (Å²) in [5, 5.41) is 10.6. The number of carbonyl (C=O) groups is 1. The van der Waals surface area contributed by atoms with Crippen LogP contribution in [0.1, 0.15) is 23.6 Å². The van der Waals surface area contributed by atoms with Gasteiger partial charge in [0.15, 0.2) is 6.61 Å². The van der Waals surface area contributed by atoms with Gasteiger partial charge in [0.2, 0.25) is 0 Å². The number of rotatable bonds is 6. The zero-order chi connectivity index (χ0) is 19.4. The van der Waals surface area contributed by atoms with Gasteiger partial charge >= 0.3 is 11.6 Å². The third kappa shape index (κ3) is 4.28. The Balaban J connectivity index is 1.73. The summed E-state index contributed by atoms with van der Waals surface area (Å²) in [6, 6.07) is 11.8. The van der Waals surface area contributed by atoms with Crippen LogP contribution in [0.4, 0.5) is 0 Å². The molecular weight excluding hydrogens is 348 g/mol. The quantitative estimate of drug-likeness (QED) is 0.529. The number of benzene rings is 2. The molecule has 0 spiro atoms. The van der Waals surface area contributed by atoms with Crippen LogP contribution < -0.4 is 10.4 Å². The molecule has 0 saturated heterocycles. The molecule has 3 rings (SSSR count). The number of hydrogen-bond acceptors (Lipinski definition) is 6. The second-order valence-corrected chi connectivity index (χ2v) is 6.14. The van der Waals surface area contributed by atoms with Gasteiger partial charge in [-0.25, -0.2) is 9.59 Å². The maximum Gasteiger partial charge on any atom is 0.344 e. The summed E-state index contributed by atoms with van der Waals surface area (Å²) < 4.78 is 15.8. The Hall–Kier alpha value is -3.28. The minimum Gasteiger partial charge on any atom is -0.508 e. The number of fused-ring (bicyclic) bond motifs is 1. The Morgan fingerprint density at radius 2 is 1.93 bits per heavy atom. The molecule has 1 aromatic heterocycles. The molecule has 0 saturated carbocycles. The van der Waals surface area contributed by atoms with Crippen LogP contribution in [0.3, 0.4) is 0 Å². The number of aromatic hydroxyl groups is 1. The maximum atomic E-state index is 12.0. The molecule has 0 bridgehead atoms. The van der Waals surface area contributed by atoms with E-state index >= 15 is 0 Å². The van der Waals surface area contributed by atoms with Crippen LogP contribution in [0, 0.1) is 6.92 Å². The normalized spacial score (nSPS) is 10.7. The van der Waals surface area contributed by atoms with Crippen molar-refractivity contribution in [1.29, 1.82) is 0 Å². The lowest BCUT2D eigenvalue weighted by Crippen LogP contribution is -2.15. The lowest BCUT2D eigenvalue weighted by molar-refractivity contribution is -0.147. The fourth-order valence-electron chi connectivity index (χ4n) is 2.76. The first kappa shape index (κ1) is 18.5. The van der Waals surface area contributed by atoms with Gasteiger partial charge in [-0.05, 0) is 36.6 Å². The van der Waals surface area contributed by atoms with Crippen LogP contribution in [0.15, 0.2) is 51.7 Å². The van der Waals surface area contributed by atoms with Crippen molar-refractivity contribution in [3.05, 3.63) is 69.6 Å². The summed E-state index contributed by atoms with van der Waals surface area (Å²) in [5.41, 5.74) is 1.82. The van der Waals surface area contributed by atoms with Gasteiger partial charge in [-0.2, -0.15) is 0 Å². The zero-order valence-electron chi connectivity index (χ0n) is 15.2. The Labute approximate surface area is 156 Å². The zero-order valence-corrected chi connectivity index (χ0v) is 15.2. The number of ether oxygens (including phenoxy) is 2. The molecular formula is C21H20O6. The summed E-state index contributed by atoms with van der Waals surface area (Å²) in [5.74, 6) is 0.131. The number of aryl methyl sites for hydroxylation is 2. The summed E-state index contributed by atoms with van der Waals surface area (Å²) in [6.07, 6.45) is 0.615. The summed E-state index contributed by atoms with van der Waals surface area (Å²) >= 11 is 0. The molecule has 0 atom stereocenters. The van der Waals surface area contributed by atoms with Crippen molar-refractivity contribution < 1.29 is 23.8 Å². The van der Waals surface area contributed by atoms with Gasteiger partial charge in [-0.1, -0.05) is 25.1 Å². The second kappa shape index (κ2) is 7.95. The van der Waals surface area contributed by atoms with Gasteiger partial charge in [0.1, 0.15) is 23.7 Å². The topological polar surface area (TPSA) is 86.0 Å². The highest BCUT2D eigenvalue weighted by Crippen LogP contribution is 2.27. The first-order valence-corrected chi connectivity index (χ1v) is 8.60. The van der Waals surface area contributed by atoms with Gasteiger partial charge in [0, 0.05) is 23.1 Å². The summed E-state index contributed by atoms with van der Waals surface area (Å²) in [7, 11) is 0. The van der Waals surface area contributed by atoms with Gasteiger partial charge in [-0.15, -0.1) is 0 Å². The van der Waals surface area contributed by atoms with Crippen molar-refractivity contribution in [2.24, 2.45) is 0 Å². The molecule has 6 heteroatoms. The first-order valence-electron chi connectivity index (χ1n) is 8.60. The molecule has 2 aromatic carbocycles. The van der Waals surface area contributed by atoms with Gasteiger partial charge < -0.3 is 19.0 Å². The standard InChI is InChI=1S/C21H20O6/c1-3-14-8-16-15(9-20(23)27-19(16)10-17(14)22)11-26-21(24)12-25-18-7-5-4-6-13(18)2/h4-10,22H,3,11-12H2,1-2H3. The van der Waals surface area contributed by atoms with Crippen LogP contribution >= 0.6 is 0 Å². The van der Waals surface area contributed by atoms with Gasteiger partial charge in [0.25, 0.3) is 0 Å². The monoisotopic (exact) mass is 368 g/mol. The number of phenolic OH excluding ortho intramolecular Hbond substituents is 1. The molecule has 1 heterocycles. The molecule has 3 aromatic rings. The lowest BCUT2D eigenvalue weighted by Gasteiger charge is -2.11. The van der Waals surface area contributed by atoms with Crippen molar-refractivity contribution in [3.63, 3.8) is 0 Å². The van der Waals surface area contributed by atoms with E-state index in [4.69, 9.17) is 13.9 Å². The highest BCUT2D eigenvalue weighted by molar-refractivity contribution is 5.83. The largest absolute Gasteiger partial charge is 0.508 e. The number of phenols is 1. The van der Waals surface area contributed by atoms with E-state index in [9.17, 15) is 14.7 Å². The minimum absolute atomic E-state index is 0.0638. The van der Waals surface area contributed by atoms with E-state index in [1.165, 1.54) is 12.1 Å². The molecule has 0 unspecified atom stereocenters. The highest BCUT2D eigenvalue weighted by atomic mass is 16.6. The van der Waals surface area contributed by atoms with E-state index in [0.717, 1.165) is 5.56 Å². The van der Waals surface area contributed by atoms with E-state index in [-0.39, 0.29) is 24.5 Å². The average Bonchev–Trinajstić information content (AvgIpc) is 2.64. The Morgan fingerprint density at radius 1 is 1.15 bits per heavy atom. The van der Waals surface area contributed by atoms with Crippen molar-refractivity contribution >= 4 is 16.9 Å². The predicted octanol–water partition coefficient (Wildman–Crippen LogP) is 3.49. The third-order valence-electron chi connectivity index (χ3n) is 4.24. The summed E-state index contributed by atoms with van der Waals surface area (Å²) in [4.78, 5) is 23.8. The van der Waals surface area contributed by atoms with E-state index in [2.05, 4.69) is 0 Å². The van der Waals surface area contributed by atoms with Crippen molar-refractivity contribution in [2.75, 3.05) is 6.61 Å². The fourth-order valence-corrected chi connectivity index (χ4v) is 2.76. The predicted molar refractivity (Wildman–Crippen MR) is 100.0 cm³/mol. The maximum absolute atomic E-state index is 12.0. The number of esters is 1. The molecule has 1 N–H and O–H groups in total. The van der Waals surface area contributed by atoms with Crippen LogP contribution in [-0.4, -0.2) is 17.7 Å². The van der Waals surface area contributed by atoms with Crippen molar-refractivity contribution in [3.8, 4) is 11.5 Å². The average molecular weight is 368 g/mol. The van der Waals surface area contributed by atoms with E-state index < -0.39 is 11.6 Å². The number of carbonyl (C=O) groups excluding carboxylic acids is 1. The Bertz CT molecular complexity index is 1030. The molecule has 0 amide bonds. The van der Waals surface area contributed by atoms with Gasteiger partial charge in [-0.3, -0.25) is 0 Å². The van der Waals surface area contributed by atoms with Crippen LogP contribution in [0.25, 0.3) is 11.0 Å². The van der Waals surface area contributed by atoms with E-state index in [1.807, 2.05) is 32.0 Å². The van der Waals surface area contributed by atoms with Crippen molar-refractivity contribution in [1.82, 2.24) is 0 Å². The first-order chi connectivity index (χ1) is 13.0. The smallest absolute Gasteiger partial charge is 0.344 e. The molecule has 6 nitrogen and oxygen atoms in total. The lowest BCUT2D eigenvalue weighted by atomic mass is 10.0. The molecule has 0 aliphatic heterocycles. The van der Waals surface area contributed by atoms with Gasteiger partial charge in [0.05, 0.1) is 0 Å². The second-order valence-electron chi connectivity index (χ2n) is 6.14. The highest BCUT2D eigenvalue weighted by Gasteiger charge is 2.12. The van der Waals surface area contributed by atoms with Crippen LogP contribution in [-0.2, 0) is 22.6 Å². The SMILES string of the molecule is CCc1cc2c(COC(=O)COc3ccccc3C)cc(=O)oc2cc1O. The minimum atomic E-state index is -0.576. The fraction of sp³-hybridized carbons (Fsp3) is 0.238. The van der Waals surface area contributed by atoms with Crippen molar-refractivity contribution in [2.45, 2.75) is 26.9 Å². The number of para-hydroxylation sites is 1. The summed E-state index contributed by atoms with van der Waals surface area (Å²) in [6.45, 7) is 3.47. The third-order valence-corrected chi connectivity index (χ3v) is 4.24. The molecule has 0 fully saturated rings. The Morgan fingerprint density at radius 3 is 2.67 bits per heavy atom. The van der Waals surface area contributed by atoms with Crippen LogP contribution in [0.2, 0.25) is 0 Å². The van der Waals surface area contributed by atoms with Crippen LogP contribution in [0.5, 0.6) is 11.5 Å². The molecule has 0 aliphatic carbocycles. The molecule has 0 radical (unpaired) electrons. The Kier molecular flexibility index (Phi) is 5.45. The molecule has 27 heavy (non-hydrogen) atoms. The molecule has 140 valence electrons. The van der Waals surface area contributed by atoms with E-state index in [0.29, 0.717) is 28.7 Å².